The third-order valence-corrected chi connectivity index (χ3v) is 3.29. The van der Waals surface area contributed by atoms with E-state index in [2.05, 4.69) is 0 Å². The van der Waals surface area contributed by atoms with Crippen LogP contribution in [0.1, 0.15) is 18.1 Å². The summed E-state index contributed by atoms with van der Waals surface area (Å²) >= 11 is 0. The molecular weight excluding hydrogens is 254 g/mol. The second-order valence-electron chi connectivity index (χ2n) is 5.03. The van der Waals surface area contributed by atoms with E-state index in [4.69, 9.17) is 9.15 Å². The Labute approximate surface area is 118 Å². The van der Waals surface area contributed by atoms with Crippen molar-refractivity contribution in [2.75, 3.05) is 21.2 Å². The topological polar surface area (TPSA) is 42.7 Å². The smallest absolute Gasteiger partial charge is 0.246 e. The number of hydrogen-bond acceptors (Lipinski definition) is 3. The first-order valence-corrected chi connectivity index (χ1v) is 6.40. The number of furan rings is 1. The first-order chi connectivity index (χ1) is 9.43. The maximum Gasteiger partial charge on any atom is 0.246 e. The first-order valence-electron chi connectivity index (χ1n) is 6.40. The summed E-state index contributed by atoms with van der Waals surface area (Å²) in [4.78, 5) is 13.3. The first kappa shape index (κ1) is 14.2. The minimum absolute atomic E-state index is 0.0476. The van der Waals surface area contributed by atoms with Gasteiger partial charge in [-0.05, 0) is 31.1 Å². The van der Waals surface area contributed by atoms with Crippen LogP contribution in [0.15, 0.2) is 28.9 Å². The molecule has 0 saturated carbocycles. The van der Waals surface area contributed by atoms with Gasteiger partial charge in [0.2, 0.25) is 5.91 Å². The van der Waals surface area contributed by atoms with E-state index in [-0.39, 0.29) is 5.91 Å². The summed E-state index contributed by atoms with van der Waals surface area (Å²) in [6.07, 6.45) is 3.33. The number of methoxy groups -OCH3 is 1. The fraction of sp³-hybridized carbons (Fsp3) is 0.312. The monoisotopic (exact) mass is 273 g/mol. The summed E-state index contributed by atoms with van der Waals surface area (Å²) in [5, 5.41) is 1.03. The van der Waals surface area contributed by atoms with Crippen LogP contribution >= 0.6 is 0 Å². The van der Waals surface area contributed by atoms with Crippen molar-refractivity contribution in [2.24, 2.45) is 0 Å². The summed E-state index contributed by atoms with van der Waals surface area (Å²) in [5.41, 5.74) is 3.62. The van der Waals surface area contributed by atoms with Crippen molar-refractivity contribution in [3.63, 3.8) is 0 Å². The Morgan fingerprint density at radius 1 is 1.35 bits per heavy atom. The van der Waals surface area contributed by atoms with Crippen molar-refractivity contribution in [3.05, 3.63) is 35.6 Å². The van der Waals surface area contributed by atoms with Gasteiger partial charge in [-0.3, -0.25) is 4.79 Å². The summed E-state index contributed by atoms with van der Waals surface area (Å²) in [5.74, 6) is 0.653. The molecule has 1 amide bonds. The van der Waals surface area contributed by atoms with E-state index in [0.29, 0.717) is 5.75 Å². The number of benzene rings is 1. The molecular formula is C16H19NO3. The number of likely N-dealkylation sites (N-methyl/N-ethyl adjacent to an activating group) is 1. The molecule has 2 rings (SSSR count). The Kier molecular flexibility index (Phi) is 3.84. The van der Waals surface area contributed by atoms with Crippen molar-refractivity contribution in [2.45, 2.75) is 13.8 Å². The molecule has 20 heavy (non-hydrogen) atoms. The Morgan fingerprint density at radius 3 is 2.65 bits per heavy atom. The number of nitrogens with zero attached hydrogens (tertiary/aromatic N) is 1. The van der Waals surface area contributed by atoms with Crippen LogP contribution in [-0.2, 0) is 4.79 Å². The van der Waals surface area contributed by atoms with Gasteiger partial charge in [-0.1, -0.05) is 0 Å². The molecule has 0 saturated heterocycles. The fourth-order valence-electron chi connectivity index (χ4n) is 2.05. The summed E-state index contributed by atoms with van der Waals surface area (Å²) < 4.78 is 10.9. The van der Waals surface area contributed by atoms with Gasteiger partial charge in [0.25, 0.3) is 0 Å². The molecule has 1 aromatic carbocycles. The number of ether oxygens (including phenoxy) is 1. The average Bonchev–Trinajstić information content (AvgIpc) is 2.78. The maximum atomic E-state index is 11.8. The van der Waals surface area contributed by atoms with Crippen LogP contribution in [-0.4, -0.2) is 32.0 Å². The van der Waals surface area contributed by atoms with Crippen LogP contribution in [0.3, 0.4) is 0 Å². The van der Waals surface area contributed by atoms with Crippen LogP contribution < -0.4 is 4.74 Å². The predicted molar refractivity (Wildman–Crippen MR) is 79.8 cm³/mol. The molecule has 0 unspecified atom stereocenters. The molecule has 0 aliphatic carbocycles. The summed E-state index contributed by atoms with van der Waals surface area (Å²) in [7, 11) is 5.07. The number of aryl methyl sites for hydroxylation is 1. The normalized spacial score (nSPS) is 11.8. The van der Waals surface area contributed by atoms with E-state index in [1.54, 1.807) is 33.5 Å². The van der Waals surface area contributed by atoms with Gasteiger partial charge < -0.3 is 14.1 Å². The number of fused-ring (bicyclic) bond motifs is 1. The largest absolute Gasteiger partial charge is 0.496 e. The zero-order valence-corrected chi connectivity index (χ0v) is 12.5. The minimum atomic E-state index is -0.0476. The molecule has 4 heteroatoms. The molecule has 0 aliphatic heterocycles. The molecule has 0 bridgehead atoms. The Bertz CT molecular complexity index is 680. The van der Waals surface area contributed by atoms with Gasteiger partial charge >= 0.3 is 0 Å². The molecule has 0 radical (unpaired) electrons. The second kappa shape index (κ2) is 5.41. The van der Waals surface area contributed by atoms with Gasteiger partial charge in [0, 0.05) is 37.2 Å². The van der Waals surface area contributed by atoms with E-state index in [1.807, 2.05) is 26.0 Å². The van der Waals surface area contributed by atoms with Crippen molar-refractivity contribution >= 4 is 22.4 Å². The SMILES string of the molecule is COc1cc2occ(C)c2cc1/C(C)=C/C(=O)N(C)C. The van der Waals surface area contributed by atoms with Crippen LogP contribution in [0.5, 0.6) is 5.75 Å². The van der Waals surface area contributed by atoms with Crippen LogP contribution in [0, 0.1) is 6.92 Å². The lowest BCUT2D eigenvalue weighted by atomic mass is 10.0. The third-order valence-electron chi connectivity index (χ3n) is 3.29. The summed E-state index contributed by atoms with van der Waals surface area (Å²) in [6, 6.07) is 3.86. The molecule has 0 atom stereocenters. The van der Waals surface area contributed by atoms with Gasteiger partial charge in [0.15, 0.2) is 0 Å². The molecule has 0 N–H and O–H groups in total. The van der Waals surface area contributed by atoms with E-state index in [0.717, 1.165) is 27.7 Å². The highest BCUT2D eigenvalue weighted by Gasteiger charge is 2.12. The lowest BCUT2D eigenvalue weighted by molar-refractivity contribution is -0.123. The van der Waals surface area contributed by atoms with Crippen molar-refractivity contribution in [3.8, 4) is 5.75 Å². The van der Waals surface area contributed by atoms with E-state index in [9.17, 15) is 4.79 Å². The lowest BCUT2D eigenvalue weighted by Gasteiger charge is -2.11. The van der Waals surface area contributed by atoms with E-state index in [1.165, 1.54) is 4.90 Å². The standard InChI is InChI=1S/C16H19NO3/c1-10(6-16(18)17(3)4)12-7-13-11(2)9-20-15(13)8-14(12)19-5/h6-9H,1-5H3/b10-6+. The molecule has 106 valence electrons. The summed E-state index contributed by atoms with van der Waals surface area (Å²) in [6.45, 7) is 3.90. The van der Waals surface area contributed by atoms with E-state index < -0.39 is 0 Å². The fourth-order valence-corrected chi connectivity index (χ4v) is 2.05. The van der Waals surface area contributed by atoms with Crippen molar-refractivity contribution in [1.29, 1.82) is 0 Å². The molecule has 1 heterocycles. The van der Waals surface area contributed by atoms with Gasteiger partial charge in [-0.15, -0.1) is 0 Å². The number of rotatable bonds is 3. The highest BCUT2D eigenvalue weighted by atomic mass is 16.5. The van der Waals surface area contributed by atoms with Gasteiger partial charge in [0.05, 0.1) is 13.4 Å². The molecule has 0 fully saturated rings. The zero-order chi connectivity index (χ0) is 14.9. The Balaban J connectivity index is 2.56. The molecule has 2 aromatic rings. The second-order valence-corrected chi connectivity index (χ2v) is 5.03. The van der Waals surface area contributed by atoms with Crippen molar-refractivity contribution in [1.82, 2.24) is 4.90 Å². The maximum absolute atomic E-state index is 11.8. The van der Waals surface area contributed by atoms with Crippen LogP contribution in [0.2, 0.25) is 0 Å². The molecule has 4 nitrogen and oxygen atoms in total. The van der Waals surface area contributed by atoms with Gasteiger partial charge in [-0.25, -0.2) is 0 Å². The number of carbonyl (C=O) groups excluding carboxylic acids is 1. The van der Waals surface area contributed by atoms with Crippen molar-refractivity contribution < 1.29 is 13.9 Å². The quantitative estimate of drug-likeness (QED) is 0.806. The highest BCUT2D eigenvalue weighted by molar-refractivity contribution is 5.97. The number of allylic oxidation sites excluding steroid dienone is 1. The molecule has 1 aromatic heterocycles. The van der Waals surface area contributed by atoms with E-state index >= 15 is 0 Å². The average molecular weight is 273 g/mol. The third kappa shape index (κ3) is 2.54. The minimum Gasteiger partial charge on any atom is -0.496 e. The Morgan fingerprint density at radius 2 is 2.05 bits per heavy atom. The predicted octanol–water partition coefficient (Wildman–Crippen LogP) is 3.24. The lowest BCUT2D eigenvalue weighted by Crippen LogP contribution is -2.19. The highest BCUT2D eigenvalue weighted by Crippen LogP contribution is 2.33. The molecule has 0 spiro atoms. The zero-order valence-electron chi connectivity index (χ0n) is 12.5. The van der Waals surface area contributed by atoms with Crippen LogP contribution in [0.25, 0.3) is 16.5 Å². The van der Waals surface area contributed by atoms with Crippen LogP contribution in [0.4, 0.5) is 0 Å². The number of amides is 1. The number of carbonyl (C=O) groups is 1. The molecule has 0 aliphatic rings. The van der Waals surface area contributed by atoms with Gasteiger partial charge in [0.1, 0.15) is 11.3 Å². The van der Waals surface area contributed by atoms with Gasteiger partial charge in [-0.2, -0.15) is 0 Å². The Hall–Kier alpha value is -2.23. The number of hydrogen-bond donors (Lipinski definition) is 0.